The number of nitro groups is 1. The summed E-state index contributed by atoms with van der Waals surface area (Å²) in [6.45, 7) is 0.595. The molecule has 2 aromatic carbocycles. The Hall–Kier alpha value is -2.34. The minimum atomic E-state index is -0.418. The number of non-ortho nitro benzene ring substituents is 1. The number of carbonyl (C=O) groups is 1. The van der Waals surface area contributed by atoms with Gasteiger partial charge in [-0.1, -0.05) is 42.5 Å². The van der Waals surface area contributed by atoms with E-state index in [0.29, 0.717) is 18.1 Å². The first kappa shape index (κ1) is 17.0. The second kappa shape index (κ2) is 8.33. The Morgan fingerprint density at radius 1 is 1.09 bits per heavy atom. The van der Waals surface area contributed by atoms with Gasteiger partial charge in [0, 0.05) is 31.5 Å². The Labute approximate surface area is 139 Å². The summed E-state index contributed by atoms with van der Waals surface area (Å²) in [5.41, 5.74) is 2.15. The van der Waals surface area contributed by atoms with Crippen molar-refractivity contribution in [2.45, 2.75) is 12.3 Å². The molecule has 2 aromatic rings. The summed E-state index contributed by atoms with van der Waals surface area (Å²) in [6.07, 6.45) is 0. The maximum atomic E-state index is 12.1. The van der Waals surface area contributed by atoms with Gasteiger partial charge >= 0.3 is 0 Å². The third kappa shape index (κ3) is 5.41. The van der Waals surface area contributed by atoms with Gasteiger partial charge in [0.2, 0.25) is 5.91 Å². The smallest absolute Gasteiger partial charge is 0.269 e. The van der Waals surface area contributed by atoms with Crippen LogP contribution in [0.15, 0.2) is 54.6 Å². The van der Waals surface area contributed by atoms with Crippen molar-refractivity contribution in [1.82, 2.24) is 4.90 Å². The molecular formula is C17H18N2O3S. The average Bonchev–Trinajstić information content (AvgIpc) is 2.56. The summed E-state index contributed by atoms with van der Waals surface area (Å²) in [4.78, 5) is 24.0. The number of nitrogens with zero attached hydrogens (tertiary/aromatic N) is 2. The predicted molar refractivity (Wildman–Crippen MR) is 92.2 cm³/mol. The zero-order valence-electron chi connectivity index (χ0n) is 12.8. The highest BCUT2D eigenvalue weighted by atomic mass is 32.2. The van der Waals surface area contributed by atoms with E-state index in [2.05, 4.69) is 0 Å². The number of amides is 1. The first-order chi connectivity index (χ1) is 11.1. The van der Waals surface area contributed by atoms with E-state index in [1.807, 2.05) is 30.3 Å². The highest BCUT2D eigenvalue weighted by Crippen LogP contribution is 2.17. The molecule has 0 radical (unpaired) electrons. The fourth-order valence-corrected chi connectivity index (χ4v) is 2.95. The van der Waals surface area contributed by atoms with Crippen molar-refractivity contribution in [3.8, 4) is 0 Å². The van der Waals surface area contributed by atoms with Gasteiger partial charge in [0.15, 0.2) is 0 Å². The summed E-state index contributed by atoms with van der Waals surface area (Å²) in [6, 6.07) is 16.3. The molecule has 23 heavy (non-hydrogen) atoms. The quantitative estimate of drug-likeness (QED) is 0.576. The van der Waals surface area contributed by atoms with Crippen LogP contribution in [0.4, 0.5) is 5.69 Å². The van der Waals surface area contributed by atoms with E-state index < -0.39 is 4.92 Å². The van der Waals surface area contributed by atoms with E-state index in [-0.39, 0.29) is 11.6 Å². The standard InChI is InChI=1S/C17H18N2O3S/c1-18(11-14-5-3-2-4-6-14)17(20)13-23-12-15-7-9-16(10-8-15)19(21)22/h2-10H,11-13H2,1H3. The zero-order valence-corrected chi connectivity index (χ0v) is 13.7. The Bertz CT molecular complexity index is 659. The number of rotatable bonds is 7. The average molecular weight is 330 g/mol. The lowest BCUT2D eigenvalue weighted by molar-refractivity contribution is -0.384. The summed E-state index contributed by atoms with van der Waals surface area (Å²) in [7, 11) is 1.79. The molecule has 0 heterocycles. The number of benzene rings is 2. The van der Waals surface area contributed by atoms with Gasteiger partial charge in [-0.2, -0.15) is 0 Å². The molecule has 120 valence electrons. The van der Waals surface area contributed by atoms with Gasteiger partial charge < -0.3 is 4.90 Å². The third-order valence-corrected chi connectivity index (χ3v) is 4.32. The van der Waals surface area contributed by atoms with Crippen molar-refractivity contribution in [3.05, 3.63) is 75.8 Å². The van der Waals surface area contributed by atoms with E-state index >= 15 is 0 Å². The Morgan fingerprint density at radius 2 is 1.74 bits per heavy atom. The first-order valence-electron chi connectivity index (χ1n) is 7.15. The molecule has 0 spiro atoms. The minimum Gasteiger partial charge on any atom is -0.341 e. The monoisotopic (exact) mass is 330 g/mol. The summed E-state index contributed by atoms with van der Waals surface area (Å²) >= 11 is 1.51. The Balaban J connectivity index is 1.76. The van der Waals surface area contributed by atoms with Gasteiger partial charge in [0.25, 0.3) is 5.69 Å². The second-order valence-electron chi connectivity index (χ2n) is 5.15. The second-order valence-corrected chi connectivity index (χ2v) is 6.14. The van der Waals surface area contributed by atoms with Crippen LogP contribution in [0.25, 0.3) is 0 Å². The zero-order chi connectivity index (χ0) is 16.7. The first-order valence-corrected chi connectivity index (χ1v) is 8.30. The van der Waals surface area contributed by atoms with Crippen LogP contribution in [0.2, 0.25) is 0 Å². The van der Waals surface area contributed by atoms with Gasteiger partial charge in [-0.15, -0.1) is 11.8 Å². The topological polar surface area (TPSA) is 63.5 Å². The van der Waals surface area contributed by atoms with E-state index in [1.54, 1.807) is 24.1 Å². The molecule has 0 atom stereocenters. The highest BCUT2D eigenvalue weighted by molar-refractivity contribution is 7.99. The van der Waals surface area contributed by atoms with Crippen LogP contribution in [-0.4, -0.2) is 28.5 Å². The summed E-state index contributed by atoms with van der Waals surface area (Å²) < 4.78 is 0. The molecule has 0 saturated carbocycles. The lowest BCUT2D eigenvalue weighted by Gasteiger charge is -2.17. The van der Waals surface area contributed by atoms with E-state index in [4.69, 9.17) is 0 Å². The van der Waals surface area contributed by atoms with Gasteiger partial charge in [0.1, 0.15) is 0 Å². The van der Waals surface area contributed by atoms with E-state index in [0.717, 1.165) is 11.1 Å². The van der Waals surface area contributed by atoms with Crippen molar-refractivity contribution in [2.24, 2.45) is 0 Å². The van der Waals surface area contributed by atoms with E-state index in [1.165, 1.54) is 23.9 Å². The van der Waals surface area contributed by atoms with Crippen LogP contribution in [0.5, 0.6) is 0 Å². The Morgan fingerprint density at radius 3 is 2.35 bits per heavy atom. The molecule has 0 aliphatic carbocycles. The molecule has 0 aromatic heterocycles. The van der Waals surface area contributed by atoms with Gasteiger partial charge in [-0.25, -0.2) is 0 Å². The van der Waals surface area contributed by atoms with Crippen LogP contribution >= 0.6 is 11.8 Å². The molecule has 2 rings (SSSR count). The number of hydrogen-bond acceptors (Lipinski definition) is 4. The lowest BCUT2D eigenvalue weighted by atomic mass is 10.2. The van der Waals surface area contributed by atoms with Crippen molar-refractivity contribution >= 4 is 23.4 Å². The van der Waals surface area contributed by atoms with Crippen LogP contribution in [0.3, 0.4) is 0 Å². The van der Waals surface area contributed by atoms with Gasteiger partial charge in [-0.3, -0.25) is 14.9 Å². The van der Waals surface area contributed by atoms with Crippen LogP contribution in [0, 0.1) is 10.1 Å². The largest absolute Gasteiger partial charge is 0.341 e. The molecule has 5 nitrogen and oxygen atoms in total. The van der Waals surface area contributed by atoms with Crippen molar-refractivity contribution in [1.29, 1.82) is 0 Å². The molecule has 0 aliphatic rings. The SMILES string of the molecule is CN(Cc1ccccc1)C(=O)CSCc1ccc([N+](=O)[O-])cc1. The molecule has 0 fully saturated rings. The highest BCUT2D eigenvalue weighted by Gasteiger charge is 2.10. The van der Waals surface area contributed by atoms with Gasteiger partial charge in [0.05, 0.1) is 10.7 Å². The van der Waals surface area contributed by atoms with E-state index in [9.17, 15) is 14.9 Å². The molecule has 0 saturated heterocycles. The molecule has 0 unspecified atom stereocenters. The van der Waals surface area contributed by atoms with Crippen molar-refractivity contribution in [2.75, 3.05) is 12.8 Å². The molecule has 6 heteroatoms. The molecule has 0 N–H and O–H groups in total. The number of carbonyl (C=O) groups excluding carboxylic acids is 1. The molecule has 0 bridgehead atoms. The fourth-order valence-electron chi connectivity index (χ4n) is 2.03. The molecular weight excluding hydrogens is 312 g/mol. The summed E-state index contributed by atoms with van der Waals surface area (Å²) in [5, 5.41) is 10.6. The predicted octanol–water partition coefficient (Wildman–Crippen LogP) is 3.49. The minimum absolute atomic E-state index is 0.0702. The third-order valence-electron chi connectivity index (χ3n) is 3.33. The maximum absolute atomic E-state index is 12.1. The normalized spacial score (nSPS) is 10.3. The van der Waals surface area contributed by atoms with Crippen LogP contribution in [0.1, 0.15) is 11.1 Å². The van der Waals surface area contributed by atoms with Crippen molar-refractivity contribution < 1.29 is 9.72 Å². The maximum Gasteiger partial charge on any atom is 0.269 e. The Kier molecular flexibility index (Phi) is 6.17. The van der Waals surface area contributed by atoms with Gasteiger partial charge in [-0.05, 0) is 11.1 Å². The molecule has 1 amide bonds. The summed E-state index contributed by atoms with van der Waals surface area (Å²) in [5.74, 6) is 1.12. The number of thioether (sulfide) groups is 1. The van der Waals surface area contributed by atoms with Crippen molar-refractivity contribution in [3.63, 3.8) is 0 Å². The number of hydrogen-bond donors (Lipinski definition) is 0. The lowest BCUT2D eigenvalue weighted by Crippen LogP contribution is -2.27. The van der Waals surface area contributed by atoms with Crippen LogP contribution in [-0.2, 0) is 17.1 Å². The fraction of sp³-hybridized carbons (Fsp3) is 0.235. The molecule has 0 aliphatic heterocycles. The van der Waals surface area contributed by atoms with Crippen LogP contribution < -0.4 is 0 Å². The number of nitro benzene ring substituents is 1.